The smallest absolute Gasteiger partial charge is 0.123 e. The molecular formula is C13H22O. The summed E-state index contributed by atoms with van der Waals surface area (Å²) in [5.41, 5.74) is 3.11. The summed E-state index contributed by atoms with van der Waals surface area (Å²) < 4.78 is 0. The van der Waals surface area contributed by atoms with Crippen molar-refractivity contribution in [3.05, 3.63) is 11.1 Å². The summed E-state index contributed by atoms with van der Waals surface area (Å²) in [4.78, 5) is 10.7. The second kappa shape index (κ2) is 4.77. The van der Waals surface area contributed by atoms with E-state index in [1.807, 2.05) is 6.92 Å². The van der Waals surface area contributed by atoms with Gasteiger partial charge in [-0.1, -0.05) is 31.9 Å². The molecule has 0 N–H and O–H groups in total. The first-order valence-electron chi connectivity index (χ1n) is 5.70. The third-order valence-electron chi connectivity index (χ3n) is 3.41. The Bertz CT molecular complexity index is 238. The van der Waals surface area contributed by atoms with Gasteiger partial charge in [0.1, 0.15) is 6.29 Å². The van der Waals surface area contributed by atoms with E-state index in [-0.39, 0.29) is 5.92 Å². The second-order valence-electron chi connectivity index (χ2n) is 5.01. The molecule has 2 atom stereocenters. The first kappa shape index (κ1) is 11.5. The number of hydrogen-bond acceptors (Lipinski definition) is 1. The lowest BCUT2D eigenvalue weighted by molar-refractivity contribution is -0.110. The Labute approximate surface area is 87.6 Å². The zero-order valence-electron chi connectivity index (χ0n) is 9.84. The SMILES string of the molecule is CC1=C(CC(C)C=O)C(C(C)C)CC1. The fourth-order valence-corrected chi connectivity index (χ4v) is 2.48. The van der Waals surface area contributed by atoms with Crippen molar-refractivity contribution in [3.63, 3.8) is 0 Å². The number of rotatable bonds is 4. The summed E-state index contributed by atoms with van der Waals surface area (Å²) in [7, 11) is 0. The maximum Gasteiger partial charge on any atom is 0.123 e. The predicted octanol–water partition coefficient (Wildman–Crippen LogP) is 3.59. The van der Waals surface area contributed by atoms with Crippen molar-refractivity contribution in [3.8, 4) is 0 Å². The predicted molar refractivity (Wildman–Crippen MR) is 60.1 cm³/mol. The van der Waals surface area contributed by atoms with E-state index >= 15 is 0 Å². The first-order valence-corrected chi connectivity index (χ1v) is 5.70. The molecule has 0 saturated carbocycles. The highest BCUT2D eigenvalue weighted by atomic mass is 16.1. The van der Waals surface area contributed by atoms with Crippen LogP contribution in [0.3, 0.4) is 0 Å². The molecule has 0 aromatic heterocycles. The summed E-state index contributed by atoms with van der Waals surface area (Å²) in [6, 6.07) is 0. The molecule has 0 aromatic carbocycles. The Morgan fingerprint density at radius 1 is 1.43 bits per heavy atom. The van der Waals surface area contributed by atoms with E-state index in [1.54, 1.807) is 5.57 Å². The Hall–Kier alpha value is -0.590. The minimum atomic E-state index is 0.194. The van der Waals surface area contributed by atoms with E-state index in [9.17, 15) is 4.79 Å². The van der Waals surface area contributed by atoms with Gasteiger partial charge in [-0.15, -0.1) is 0 Å². The van der Waals surface area contributed by atoms with E-state index in [0.717, 1.165) is 24.5 Å². The minimum absolute atomic E-state index is 0.194. The van der Waals surface area contributed by atoms with Crippen LogP contribution in [0.15, 0.2) is 11.1 Å². The van der Waals surface area contributed by atoms with Crippen LogP contribution in [-0.4, -0.2) is 6.29 Å². The molecule has 80 valence electrons. The van der Waals surface area contributed by atoms with Gasteiger partial charge in [0, 0.05) is 5.92 Å². The number of carbonyl (C=O) groups is 1. The molecular weight excluding hydrogens is 172 g/mol. The van der Waals surface area contributed by atoms with Gasteiger partial charge < -0.3 is 4.79 Å². The van der Waals surface area contributed by atoms with Gasteiger partial charge in [-0.2, -0.15) is 0 Å². The molecule has 1 aliphatic rings. The van der Waals surface area contributed by atoms with Crippen LogP contribution in [0.4, 0.5) is 0 Å². The number of carbonyl (C=O) groups excluding carboxylic acids is 1. The molecule has 2 unspecified atom stereocenters. The molecule has 0 bridgehead atoms. The molecule has 0 aliphatic heterocycles. The third-order valence-corrected chi connectivity index (χ3v) is 3.41. The average molecular weight is 194 g/mol. The number of aldehydes is 1. The van der Waals surface area contributed by atoms with Crippen molar-refractivity contribution < 1.29 is 4.79 Å². The monoisotopic (exact) mass is 194 g/mol. The third kappa shape index (κ3) is 2.46. The van der Waals surface area contributed by atoms with Crippen molar-refractivity contribution in [2.45, 2.75) is 47.0 Å². The van der Waals surface area contributed by atoms with Crippen LogP contribution in [-0.2, 0) is 4.79 Å². The summed E-state index contributed by atoms with van der Waals surface area (Å²) in [5.74, 6) is 1.65. The van der Waals surface area contributed by atoms with Crippen molar-refractivity contribution in [1.29, 1.82) is 0 Å². The van der Waals surface area contributed by atoms with Gasteiger partial charge >= 0.3 is 0 Å². The molecule has 0 spiro atoms. The molecule has 0 aromatic rings. The molecule has 1 rings (SSSR count). The highest BCUT2D eigenvalue weighted by molar-refractivity contribution is 5.53. The Kier molecular flexibility index (Phi) is 3.91. The van der Waals surface area contributed by atoms with Crippen LogP contribution in [0.25, 0.3) is 0 Å². The van der Waals surface area contributed by atoms with Crippen LogP contribution in [0.1, 0.15) is 47.0 Å². The van der Waals surface area contributed by atoms with Crippen LogP contribution in [0, 0.1) is 17.8 Å². The van der Waals surface area contributed by atoms with Crippen molar-refractivity contribution in [2.75, 3.05) is 0 Å². The topological polar surface area (TPSA) is 17.1 Å². The molecule has 0 amide bonds. The fourth-order valence-electron chi connectivity index (χ4n) is 2.48. The van der Waals surface area contributed by atoms with E-state index < -0.39 is 0 Å². The van der Waals surface area contributed by atoms with Gasteiger partial charge in [0.05, 0.1) is 0 Å². The van der Waals surface area contributed by atoms with Gasteiger partial charge in [0.2, 0.25) is 0 Å². The molecule has 0 radical (unpaired) electrons. The van der Waals surface area contributed by atoms with Crippen molar-refractivity contribution in [2.24, 2.45) is 17.8 Å². The lowest BCUT2D eigenvalue weighted by atomic mass is 9.85. The standard InChI is InChI=1S/C13H22O/c1-9(2)12-6-5-11(4)13(12)7-10(3)8-14/h8-10,12H,5-7H2,1-4H3. The van der Waals surface area contributed by atoms with E-state index in [4.69, 9.17) is 0 Å². The number of allylic oxidation sites excluding steroid dienone is 2. The number of hydrogen-bond donors (Lipinski definition) is 0. The van der Waals surface area contributed by atoms with Gasteiger partial charge in [-0.05, 0) is 38.0 Å². The van der Waals surface area contributed by atoms with Gasteiger partial charge in [0.15, 0.2) is 0 Å². The average Bonchev–Trinajstić information content (AvgIpc) is 2.48. The summed E-state index contributed by atoms with van der Waals surface area (Å²) in [5, 5.41) is 0. The van der Waals surface area contributed by atoms with E-state index in [2.05, 4.69) is 20.8 Å². The summed E-state index contributed by atoms with van der Waals surface area (Å²) >= 11 is 0. The van der Waals surface area contributed by atoms with E-state index in [1.165, 1.54) is 18.4 Å². The molecule has 0 fully saturated rings. The van der Waals surface area contributed by atoms with Crippen molar-refractivity contribution >= 4 is 6.29 Å². The normalized spacial score (nSPS) is 24.5. The minimum Gasteiger partial charge on any atom is -0.303 e. The van der Waals surface area contributed by atoms with E-state index in [0.29, 0.717) is 0 Å². The van der Waals surface area contributed by atoms with Crippen molar-refractivity contribution in [1.82, 2.24) is 0 Å². The highest BCUT2D eigenvalue weighted by Crippen LogP contribution is 2.39. The largest absolute Gasteiger partial charge is 0.303 e. The zero-order chi connectivity index (χ0) is 10.7. The van der Waals surface area contributed by atoms with Gasteiger partial charge in [-0.3, -0.25) is 0 Å². The Balaban J connectivity index is 2.71. The van der Waals surface area contributed by atoms with Crippen LogP contribution < -0.4 is 0 Å². The second-order valence-corrected chi connectivity index (χ2v) is 5.01. The molecule has 1 nitrogen and oxygen atoms in total. The lowest BCUT2D eigenvalue weighted by Crippen LogP contribution is -2.11. The van der Waals surface area contributed by atoms with Gasteiger partial charge in [-0.25, -0.2) is 0 Å². The molecule has 0 saturated heterocycles. The zero-order valence-corrected chi connectivity index (χ0v) is 9.84. The van der Waals surface area contributed by atoms with Gasteiger partial charge in [0.25, 0.3) is 0 Å². The summed E-state index contributed by atoms with van der Waals surface area (Å²) in [6.45, 7) is 8.82. The maximum absolute atomic E-state index is 10.7. The fraction of sp³-hybridized carbons (Fsp3) is 0.769. The Morgan fingerprint density at radius 3 is 2.57 bits per heavy atom. The quantitative estimate of drug-likeness (QED) is 0.493. The Morgan fingerprint density at radius 2 is 2.07 bits per heavy atom. The maximum atomic E-state index is 10.7. The molecule has 1 heteroatoms. The summed E-state index contributed by atoms with van der Waals surface area (Å²) in [6.07, 6.45) is 4.60. The first-order chi connectivity index (χ1) is 6.56. The molecule has 0 heterocycles. The lowest BCUT2D eigenvalue weighted by Gasteiger charge is -2.20. The van der Waals surface area contributed by atoms with Crippen LogP contribution in [0.2, 0.25) is 0 Å². The highest BCUT2D eigenvalue weighted by Gasteiger charge is 2.26. The van der Waals surface area contributed by atoms with Crippen LogP contribution in [0.5, 0.6) is 0 Å². The molecule has 14 heavy (non-hydrogen) atoms. The van der Waals surface area contributed by atoms with Crippen LogP contribution >= 0.6 is 0 Å². The molecule has 1 aliphatic carbocycles.